The van der Waals surface area contributed by atoms with Crippen molar-refractivity contribution < 1.29 is 8.42 Å². The molecule has 0 aliphatic rings. The topological polar surface area (TPSA) is 72.2 Å². The number of rotatable bonds is 6. The largest absolute Gasteiger partial charge is 0.329 e. The summed E-state index contributed by atoms with van der Waals surface area (Å²) in [4.78, 5) is 1.10. The number of nitrogens with two attached hydrogens (primary N) is 1. The molecule has 0 amide bonds. The van der Waals surface area contributed by atoms with E-state index in [4.69, 9.17) is 5.73 Å². The van der Waals surface area contributed by atoms with Crippen LogP contribution in [0, 0.1) is 6.92 Å². The highest BCUT2D eigenvalue weighted by Crippen LogP contribution is 2.30. The molecule has 0 aliphatic carbocycles. The van der Waals surface area contributed by atoms with Gasteiger partial charge in [-0.05, 0) is 41.8 Å². The molecular weight excluding hydrogens is 372 g/mol. The van der Waals surface area contributed by atoms with Crippen molar-refractivity contribution in [3.8, 4) is 0 Å². The van der Waals surface area contributed by atoms with E-state index in [1.165, 1.54) is 11.3 Å². The summed E-state index contributed by atoms with van der Waals surface area (Å²) >= 11 is 4.72. The number of nitrogens with one attached hydrogen (secondary N) is 1. The molecular formula is C11H20BrClN2O2S2. The van der Waals surface area contributed by atoms with E-state index < -0.39 is 15.6 Å². The summed E-state index contributed by atoms with van der Waals surface area (Å²) in [6.07, 6.45) is 1.34. The number of sulfonamides is 1. The standard InChI is InChI=1S/C11H19BrN2O2S2.ClH/c1-4-11(5-2,7-13)14-18(15,16)9-6-10(12)17-8(9)3;/h6,14H,4-5,7,13H2,1-3H3;1H. The summed E-state index contributed by atoms with van der Waals surface area (Å²) in [6.45, 7) is 5.97. The Balaban J connectivity index is 0.00000324. The summed E-state index contributed by atoms with van der Waals surface area (Å²) in [5.41, 5.74) is 5.17. The van der Waals surface area contributed by atoms with Crippen molar-refractivity contribution in [2.24, 2.45) is 5.73 Å². The van der Waals surface area contributed by atoms with Gasteiger partial charge >= 0.3 is 0 Å². The van der Waals surface area contributed by atoms with E-state index in [2.05, 4.69) is 20.7 Å². The maximum Gasteiger partial charge on any atom is 0.242 e. The van der Waals surface area contributed by atoms with Crippen molar-refractivity contribution in [1.29, 1.82) is 0 Å². The summed E-state index contributed by atoms with van der Waals surface area (Å²) in [6, 6.07) is 1.63. The van der Waals surface area contributed by atoms with Crippen LogP contribution in [0.15, 0.2) is 14.7 Å². The lowest BCUT2D eigenvalue weighted by molar-refractivity contribution is 0.363. The molecule has 1 rings (SSSR count). The molecule has 8 heteroatoms. The Bertz CT molecular complexity index is 505. The van der Waals surface area contributed by atoms with Gasteiger partial charge in [0.25, 0.3) is 0 Å². The molecule has 0 saturated carbocycles. The van der Waals surface area contributed by atoms with Crippen molar-refractivity contribution in [2.75, 3.05) is 6.54 Å². The molecule has 4 nitrogen and oxygen atoms in total. The van der Waals surface area contributed by atoms with Gasteiger partial charge in [-0.15, -0.1) is 23.7 Å². The zero-order valence-corrected chi connectivity index (χ0v) is 15.2. The first-order valence-electron chi connectivity index (χ1n) is 5.80. The van der Waals surface area contributed by atoms with Gasteiger partial charge in [0.2, 0.25) is 10.0 Å². The van der Waals surface area contributed by atoms with E-state index in [1.807, 2.05) is 13.8 Å². The van der Waals surface area contributed by atoms with Gasteiger partial charge in [0.05, 0.1) is 8.68 Å². The molecule has 112 valence electrons. The lowest BCUT2D eigenvalue weighted by Gasteiger charge is -2.30. The average molecular weight is 392 g/mol. The van der Waals surface area contributed by atoms with Crippen LogP contribution in [-0.4, -0.2) is 20.5 Å². The predicted molar refractivity (Wildman–Crippen MR) is 86.7 cm³/mol. The van der Waals surface area contributed by atoms with Crippen LogP contribution in [0.3, 0.4) is 0 Å². The van der Waals surface area contributed by atoms with Crippen LogP contribution in [0.1, 0.15) is 31.6 Å². The zero-order chi connectivity index (χ0) is 14.0. The molecule has 1 heterocycles. The quantitative estimate of drug-likeness (QED) is 0.783. The molecule has 3 N–H and O–H groups in total. The van der Waals surface area contributed by atoms with Crippen LogP contribution in [0.25, 0.3) is 0 Å². The van der Waals surface area contributed by atoms with Gasteiger partial charge in [-0.1, -0.05) is 13.8 Å². The molecule has 0 atom stereocenters. The SMILES string of the molecule is CCC(CC)(CN)NS(=O)(=O)c1cc(Br)sc1C.Cl. The maximum atomic E-state index is 12.4. The second-order valence-corrected chi connectivity index (χ2v) is 8.55. The molecule has 1 aromatic heterocycles. The van der Waals surface area contributed by atoms with Crippen molar-refractivity contribution in [3.63, 3.8) is 0 Å². The second kappa shape index (κ2) is 7.38. The van der Waals surface area contributed by atoms with Gasteiger partial charge in [0.15, 0.2) is 0 Å². The third-order valence-electron chi connectivity index (χ3n) is 3.23. The molecule has 0 aromatic carbocycles. The predicted octanol–water partition coefficient (Wildman–Crippen LogP) is 3.04. The summed E-state index contributed by atoms with van der Waals surface area (Å²) in [7, 11) is -3.51. The van der Waals surface area contributed by atoms with Gasteiger partial charge < -0.3 is 5.73 Å². The highest BCUT2D eigenvalue weighted by molar-refractivity contribution is 9.11. The molecule has 0 unspecified atom stereocenters. The normalized spacial score (nSPS) is 12.3. The molecule has 0 aliphatic heterocycles. The van der Waals surface area contributed by atoms with E-state index in [0.29, 0.717) is 24.3 Å². The lowest BCUT2D eigenvalue weighted by Crippen LogP contribution is -2.52. The van der Waals surface area contributed by atoms with Crippen LogP contribution in [-0.2, 0) is 10.0 Å². The third-order valence-corrected chi connectivity index (χ3v) is 6.61. The first-order chi connectivity index (χ1) is 8.30. The third kappa shape index (κ3) is 4.41. The van der Waals surface area contributed by atoms with Crippen molar-refractivity contribution in [1.82, 2.24) is 4.72 Å². The number of halogens is 2. The smallest absolute Gasteiger partial charge is 0.242 e. The minimum absolute atomic E-state index is 0. The van der Waals surface area contributed by atoms with Crippen molar-refractivity contribution in [3.05, 3.63) is 14.7 Å². The minimum atomic E-state index is -3.51. The summed E-state index contributed by atoms with van der Waals surface area (Å²) in [5, 5.41) is 0. The summed E-state index contributed by atoms with van der Waals surface area (Å²) in [5.74, 6) is 0. The first-order valence-corrected chi connectivity index (χ1v) is 8.89. The lowest BCUT2D eigenvalue weighted by atomic mass is 9.95. The van der Waals surface area contributed by atoms with Crippen LogP contribution in [0.2, 0.25) is 0 Å². The molecule has 0 fully saturated rings. The second-order valence-electron chi connectivity index (χ2n) is 4.27. The number of hydrogen-bond donors (Lipinski definition) is 2. The van der Waals surface area contributed by atoms with Gasteiger partial charge in [-0.3, -0.25) is 0 Å². The van der Waals surface area contributed by atoms with Crippen molar-refractivity contribution in [2.45, 2.75) is 44.0 Å². The van der Waals surface area contributed by atoms with Gasteiger partial charge in [-0.25, -0.2) is 13.1 Å². The van der Waals surface area contributed by atoms with Crippen LogP contribution in [0.5, 0.6) is 0 Å². The minimum Gasteiger partial charge on any atom is -0.329 e. The Labute approximate surface area is 133 Å². The molecule has 19 heavy (non-hydrogen) atoms. The van der Waals surface area contributed by atoms with Crippen LogP contribution >= 0.6 is 39.7 Å². The summed E-state index contributed by atoms with van der Waals surface area (Å²) < 4.78 is 28.3. The highest BCUT2D eigenvalue weighted by atomic mass is 79.9. The Morgan fingerprint density at radius 1 is 1.42 bits per heavy atom. The van der Waals surface area contributed by atoms with Gasteiger partial charge in [0.1, 0.15) is 0 Å². The monoisotopic (exact) mass is 390 g/mol. The number of aryl methyl sites for hydroxylation is 1. The van der Waals surface area contributed by atoms with Gasteiger partial charge in [-0.2, -0.15) is 0 Å². The van der Waals surface area contributed by atoms with E-state index in [1.54, 1.807) is 13.0 Å². The van der Waals surface area contributed by atoms with E-state index in [0.717, 1.165) is 8.66 Å². The van der Waals surface area contributed by atoms with Crippen LogP contribution in [0.4, 0.5) is 0 Å². The van der Waals surface area contributed by atoms with E-state index in [-0.39, 0.29) is 12.4 Å². The fourth-order valence-corrected chi connectivity index (χ4v) is 5.73. The Hall–Kier alpha value is 0.340. The van der Waals surface area contributed by atoms with Crippen molar-refractivity contribution >= 4 is 49.7 Å². The molecule has 1 aromatic rings. The number of thiophene rings is 1. The molecule has 0 spiro atoms. The Kier molecular flexibility index (Phi) is 7.51. The molecule has 0 bridgehead atoms. The zero-order valence-electron chi connectivity index (χ0n) is 11.2. The Morgan fingerprint density at radius 2 is 1.95 bits per heavy atom. The van der Waals surface area contributed by atoms with E-state index in [9.17, 15) is 8.42 Å². The fraction of sp³-hybridized carbons (Fsp3) is 0.636. The maximum absolute atomic E-state index is 12.4. The molecule has 0 radical (unpaired) electrons. The Morgan fingerprint density at radius 3 is 2.26 bits per heavy atom. The molecule has 0 saturated heterocycles. The van der Waals surface area contributed by atoms with E-state index >= 15 is 0 Å². The highest BCUT2D eigenvalue weighted by Gasteiger charge is 2.32. The number of hydrogen-bond acceptors (Lipinski definition) is 4. The van der Waals surface area contributed by atoms with Gasteiger partial charge in [0, 0.05) is 17.0 Å². The van der Waals surface area contributed by atoms with Crippen LogP contribution < -0.4 is 10.5 Å². The fourth-order valence-electron chi connectivity index (χ4n) is 1.76. The first kappa shape index (κ1) is 19.3. The average Bonchev–Trinajstić information content (AvgIpc) is 2.66.